The molecule has 0 aliphatic heterocycles. The van der Waals surface area contributed by atoms with E-state index in [0.29, 0.717) is 5.54 Å². The van der Waals surface area contributed by atoms with Crippen molar-refractivity contribution >= 4 is 10.2 Å². The van der Waals surface area contributed by atoms with E-state index in [-0.39, 0.29) is 10.5 Å². The highest BCUT2D eigenvalue weighted by Gasteiger charge is 2.59. The Morgan fingerprint density at radius 3 is 1.16 bits per heavy atom. The first-order valence-electron chi connectivity index (χ1n) is 14.1. The minimum absolute atomic E-state index is 0.107. The third-order valence-electron chi connectivity index (χ3n) is 7.72. The highest BCUT2D eigenvalue weighted by atomic mass is 28.1. The zero-order valence-electron chi connectivity index (χ0n) is 23.2. The highest BCUT2D eigenvalue weighted by molar-refractivity contribution is 6.12. The maximum Gasteiger partial charge on any atom is 0.196 e. The first kappa shape index (κ1) is 32.1. The van der Waals surface area contributed by atoms with E-state index in [0.717, 1.165) is 29.5 Å². The Morgan fingerprint density at radius 1 is 0.562 bits per heavy atom. The lowest BCUT2D eigenvalue weighted by atomic mass is 9.82. The summed E-state index contributed by atoms with van der Waals surface area (Å²) in [5.74, 6) is 0. The van der Waals surface area contributed by atoms with Gasteiger partial charge in [0.25, 0.3) is 0 Å². The van der Waals surface area contributed by atoms with E-state index in [1.165, 1.54) is 103 Å². The smallest absolute Gasteiger partial charge is 0.135 e. The summed E-state index contributed by atoms with van der Waals surface area (Å²) < 4.78 is 0. The van der Waals surface area contributed by atoms with Crippen LogP contribution in [0.5, 0.6) is 0 Å². The zero-order valence-corrected chi connectivity index (χ0v) is 25.2. The van der Waals surface area contributed by atoms with Crippen molar-refractivity contribution in [3.05, 3.63) is 0 Å². The van der Waals surface area contributed by atoms with Gasteiger partial charge in [-0.25, -0.2) is 0 Å². The standard InChI is InChI=1S/C27H60NO3Si/c1-7-10-12-14-16-18-20-22-24-27(26(32)9-3,28(29-4,30-5)31-6)25-23-21-19-17-15-13-11-8-2/h26H,7-25H2,1-6,32H3/q+1. The SMILES string of the molecule is CCCCCCCCCCC(CCCCCCCCCC)(C([SiH3])CC)[N+](OC)(OC)OC. The van der Waals surface area contributed by atoms with Crippen molar-refractivity contribution in [1.29, 1.82) is 0 Å². The molecule has 0 N–H and O–H groups in total. The number of hydrogen-bond donors (Lipinski definition) is 0. The lowest BCUT2D eigenvalue weighted by Crippen LogP contribution is -2.64. The topological polar surface area (TPSA) is 27.7 Å². The maximum absolute atomic E-state index is 5.99. The normalized spacial score (nSPS) is 13.7. The van der Waals surface area contributed by atoms with Gasteiger partial charge in [-0.1, -0.05) is 117 Å². The highest BCUT2D eigenvalue weighted by Crippen LogP contribution is 2.45. The van der Waals surface area contributed by atoms with Gasteiger partial charge in [0.1, 0.15) is 21.3 Å². The molecule has 0 radical (unpaired) electrons. The Balaban J connectivity index is 4.99. The van der Waals surface area contributed by atoms with Gasteiger partial charge >= 0.3 is 0 Å². The molecule has 32 heavy (non-hydrogen) atoms. The van der Waals surface area contributed by atoms with Crippen LogP contribution >= 0.6 is 0 Å². The molecule has 0 saturated heterocycles. The van der Waals surface area contributed by atoms with Crippen LogP contribution in [-0.2, 0) is 14.5 Å². The number of unbranched alkanes of at least 4 members (excludes halogenated alkanes) is 14. The van der Waals surface area contributed by atoms with Crippen LogP contribution in [0.25, 0.3) is 0 Å². The molecular weight excluding hydrogens is 414 g/mol. The summed E-state index contributed by atoms with van der Waals surface area (Å²) in [6.07, 6.45) is 24.9. The van der Waals surface area contributed by atoms with Crippen LogP contribution in [0, 0.1) is 0 Å². The van der Waals surface area contributed by atoms with Crippen molar-refractivity contribution in [1.82, 2.24) is 0 Å². The van der Waals surface area contributed by atoms with Crippen LogP contribution in [0.3, 0.4) is 0 Å². The predicted octanol–water partition coefficient (Wildman–Crippen LogP) is 7.85. The van der Waals surface area contributed by atoms with Gasteiger partial charge in [0, 0.05) is 28.6 Å². The van der Waals surface area contributed by atoms with Gasteiger partial charge in [-0.05, 0) is 12.8 Å². The van der Waals surface area contributed by atoms with Crippen molar-refractivity contribution in [3.63, 3.8) is 0 Å². The van der Waals surface area contributed by atoms with Crippen LogP contribution in [0.15, 0.2) is 0 Å². The lowest BCUT2D eigenvalue weighted by Gasteiger charge is -2.46. The number of rotatable bonds is 24. The molecule has 0 aromatic heterocycles. The molecule has 194 valence electrons. The van der Waals surface area contributed by atoms with Crippen molar-refractivity contribution in [2.75, 3.05) is 21.3 Å². The van der Waals surface area contributed by atoms with E-state index >= 15 is 0 Å². The van der Waals surface area contributed by atoms with Crippen LogP contribution in [0.1, 0.15) is 143 Å². The number of quaternary nitrogens is 1. The summed E-state index contributed by atoms with van der Waals surface area (Å²) in [5.41, 5.74) is 0.486. The molecule has 1 unspecified atom stereocenters. The second kappa shape index (κ2) is 20.4. The van der Waals surface area contributed by atoms with Crippen LogP contribution < -0.4 is 0 Å². The first-order valence-corrected chi connectivity index (χ1v) is 15.3. The van der Waals surface area contributed by atoms with Gasteiger partial charge < -0.3 is 0 Å². The Kier molecular flexibility index (Phi) is 20.5. The summed E-state index contributed by atoms with van der Waals surface area (Å²) in [6.45, 7) is 6.90. The molecule has 0 spiro atoms. The monoisotopic (exact) mass is 474 g/mol. The minimum atomic E-state index is -0.109. The van der Waals surface area contributed by atoms with Crippen LogP contribution in [0.4, 0.5) is 0 Å². The molecule has 0 bridgehead atoms. The van der Waals surface area contributed by atoms with Crippen LogP contribution in [-0.4, -0.2) is 42.1 Å². The maximum atomic E-state index is 5.99. The fourth-order valence-corrected chi connectivity index (χ4v) is 6.33. The third-order valence-corrected chi connectivity index (χ3v) is 9.61. The summed E-state index contributed by atoms with van der Waals surface area (Å²) in [7, 11) is 6.36. The summed E-state index contributed by atoms with van der Waals surface area (Å²) in [6, 6.07) is 0. The molecule has 4 nitrogen and oxygen atoms in total. The Bertz CT molecular complexity index is 376. The largest absolute Gasteiger partial charge is 0.196 e. The molecule has 0 heterocycles. The number of nitrogens with zero attached hydrogens (tertiary/aromatic N) is 1. The second-order valence-corrected chi connectivity index (χ2v) is 11.3. The fraction of sp³-hybridized carbons (Fsp3) is 1.00. The Morgan fingerprint density at radius 2 is 0.875 bits per heavy atom. The summed E-state index contributed by atoms with van der Waals surface area (Å²) >= 11 is 0. The van der Waals surface area contributed by atoms with E-state index < -0.39 is 0 Å². The van der Waals surface area contributed by atoms with Crippen LogP contribution in [0.2, 0.25) is 5.54 Å². The average molecular weight is 475 g/mol. The summed E-state index contributed by atoms with van der Waals surface area (Å²) in [4.78, 5) is 17.8. The molecule has 0 aliphatic carbocycles. The van der Waals surface area contributed by atoms with E-state index in [1.807, 2.05) is 0 Å². The fourth-order valence-electron chi connectivity index (χ4n) is 5.44. The molecule has 0 aliphatic rings. The molecule has 0 rings (SSSR count). The Labute approximate surface area is 205 Å². The van der Waals surface area contributed by atoms with E-state index in [9.17, 15) is 0 Å². The molecule has 0 fully saturated rings. The second-order valence-electron chi connectivity index (χ2n) is 9.91. The van der Waals surface area contributed by atoms with E-state index in [2.05, 4.69) is 20.8 Å². The van der Waals surface area contributed by atoms with Gasteiger partial charge in [0.15, 0.2) is 5.54 Å². The van der Waals surface area contributed by atoms with Crippen molar-refractivity contribution in [3.8, 4) is 0 Å². The first-order chi connectivity index (χ1) is 15.5. The van der Waals surface area contributed by atoms with Crippen molar-refractivity contribution in [2.45, 2.75) is 154 Å². The molecule has 0 saturated carbocycles. The predicted molar refractivity (Wildman–Crippen MR) is 142 cm³/mol. The third kappa shape index (κ3) is 11.0. The average Bonchev–Trinajstić information content (AvgIpc) is 2.82. The minimum Gasteiger partial charge on any atom is -0.135 e. The van der Waals surface area contributed by atoms with E-state index in [4.69, 9.17) is 14.5 Å². The molecule has 0 amide bonds. The van der Waals surface area contributed by atoms with Gasteiger partial charge in [-0.15, -0.1) is 14.5 Å². The molecule has 0 aromatic rings. The van der Waals surface area contributed by atoms with E-state index in [1.54, 1.807) is 21.3 Å². The van der Waals surface area contributed by atoms with Crippen molar-refractivity contribution < 1.29 is 19.5 Å². The lowest BCUT2D eigenvalue weighted by molar-refractivity contribution is -1.39. The molecule has 5 heteroatoms. The zero-order chi connectivity index (χ0) is 24.1. The molecular formula is C27H60NO3Si+. The van der Waals surface area contributed by atoms with Gasteiger partial charge in [0.2, 0.25) is 0 Å². The molecule has 0 aromatic carbocycles. The van der Waals surface area contributed by atoms with Crippen molar-refractivity contribution in [2.24, 2.45) is 0 Å². The quantitative estimate of drug-likeness (QED) is 0.0617. The Hall–Kier alpha value is 0.0569. The van der Waals surface area contributed by atoms with Gasteiger partial charge in [-0.2, -0.15) is 0 Å². The molecule has 1 atom stereocenters. The van der Waals surface area contributed by atoms with Gasteiger partial charge in [0.05, 0.1) is 4.97 Å². The summed E-state index contributed by atoms with van der Waals surface area (Å²) in [5, 5.41) is 0. The number of hydrogen-bond acceptors (Lipinski definition) is 3. The van der Waals surface area contributed by atoms with Gasteiger partial charge in [-0.3, -0.25) is 0 Å². The number of hydroxylamine groups is 3.